The van der Waals surface area contributed by atoms with Gasteiger partial charge in [0.1, 0.15) is 17.6 Å². The number of nitrogens with one attached hydrogen (secondary N) is 6. The van der Waals surface area contributed by atoms with Crippen LogP contribution in [0.15, 0.2) is 30.5 Å². The lowest BCUT2D eigenvalue weighted by Crippen LogP contribution is -2.44. The summed E-state index contributed by atoms with van der Waals surface area (Å²) in [5.74, 6) is -0.936. The summed E-state index contributed by atoms with van der Waals surface area (Å²) >= 11 is 0. The molecule has 3 heterocycles. The molecule has 56 heavy (non-hydrogen) atoms. The predicted molar refractivity (Wildman–Crippen MR) is 213 cm³/mol. The molecule has 1 saturated heterocycles. The van der Waals surface area contributed by atoms with Crippen LogP contribution < -0.4 is 37.6 Å². The Labute approximate surface area is 327 Å². The van der Waals surface area contributed by atoms with E-state index in [0.29, 0.717) is 31.6 Å². The number of benzene rings is 1. The Morgan fingerprint density at radius 3 is 2.46 bits per heavy atom. The number of fused-ring (bicyclic) bond motifs is 1. The molecule has 2 fully saturated rings. The largest absolute Gasteiger partial charge is 0.480 e. The van der Waals surface area contributed by atoms with Gasteiger partial charge < -0.3 is 47.6 Å². The molecule has 18 nitrogen and oxygen atoms in total. The summed E-state index contributed by atoms with van der Waals surface area (Å²) in [5.41, 5.74) is 7.01. The fraction of sp³-hybridized carbons (Fsp3) is 0.632. The second-order valence-electron chi connectivity index (χ2n) is 14.6. The van der Waals surface area contributed by atoms with E-state index in [1.54, 1.807) is 4.90 Å². The zero-order valence-electron chi connectivity index (χ0n) is 32.3. The molecule has 3 aromatic rings. The van der Waals surface area contributed by atoms with Gasteiger partial charge in [0.15, 0.2) is 0 Å². The lowest BCUT2D eigenvalue weighted by Gasteiger charge is -2.33. The summed E-state index contributed by atoms with van der Waals surface area (Å²) in [6, 6.07) is 7.54. The van der Waals surface area contributed by atoms with Gasteiger partial charge in [-0.1, -0.05) is 36.6 Å². The van der Waals surface area contributed by atoms with Gasteiger partial charge in [0.05, 0.1) is 24.8 Å². The Balaban J connectivity index is 0.979. The highest BCUT2D eigenvalue weighted by atomic mass is 16.4. The SMILES string of the molecule is N[C@H](CCC(=O)NCC(=O)NCCC(=O)N1CCC(Nc2nc(NCc3cn(CCCNCCCNC4CCCCC4)nn3)nc3ccccc23)CC1)C(=O)O. The molecule has 2 aromatic heterocycles. The number of hydrogen-bond donors (Lipinski definition) is 8. The molecule has 1 saturated carbocycles. The molecule has 306 valence electrons. The number of carbonyl (C=O) groups is 4. The third kappa shape index (κ3) is 14.3. The number of nitrogens with two attached hydrogens (primary N) is 1. The van der Waals surface area contributed by atoms with Crippen molar-refractivity contribution in [1.82, 2.24) is 51.1 Å². The number of piperidine rings is 1. The molecule has 1 aliphatic heterocycles. The van der Waals surface area contributed by atoms with Crippen LogP contribution in [0, 0.1) is 0 Å². The number of aromatic nitrogens is 5. The van der Waals surface area contributed by atoms with E-state index < -0.39 is 23.8 Å². The summed E-state index contributed by atoms with van der Waals surface area (Å²) < 4.78 is 1.88. The number of anilines is 2. The van der Waals surface area contributed by atoms with Crippen molar-refractivity contribution in [3.8, 4) is 0 Å². The summed E-state index contributed by atoms with van der Waals surface area (Å²) in [5, 5.41) is 37.6. The van der Waals surface area contributed by atoms with Gasteiger partial charge in [-0.2, -0.15) is 4.98 Å². The molecule has 1 aliphatic carbocycles. The highest BCUT2D eigenvalue weighted by molar-refractivity contribution is 5.90. The number of rotatable bonds is 23. The van der Waals surface area contributed by atoms with Crippen LogP contribution in [0.1, 0.15) is 82.7 Å². The average Bonchev–Trinajstić information content (AvgIpc) is 3.67. The number of carboxylic acid groups (broad SMARTS) is 1. The Morgan fingerprint density at radius 1 is 0.875 bits per heavy atom. The van der Waals surface area contributed by atoms with Crippen LogP contribution in [0.3, 0.4) is 0 Å². The third-order valence-corrected chi connectivity index (χ3v) is 10.2. The Morgan fingerprint density at radius 2 is 1.66 bits per heavy atom. The van der Waals surface area contributed by atoms with E-state index >= 15 is 0 Å². The Bertz CT molecular complexity index is 1710. The molecule has 5 rings (SSSR count). The second kappa shape index (κ2) is 22.6. The standard InChI is InChI=1S/C38H59N13O5/c39-31(37(55)56)12-13-33(52)43-25-34(53)42-20-14-35(54)50-22-15-28(16-23-50)45-36-30-10-4-5-11-32(30)46-38(47-36)44-24-29-26-51(49-48-29)21-7-18-40-17-6-19-41-27-8-2-1-3-9-27/h4-5,10-11,26-28,31,40-41H,1-3,6-9,12-25,39H2,(H,42,53)(H,43,52)(H,55,56)(H2,44,45,46,47)/t31-/m1/s1. The smallest absolute Gasteiger partial charge is 0.320 e. The van der Waals surface area contributed by atoms with Gasteiger partial charge in [0.25, 0.3) is 0 Å². The quantitative estimate of drug-likeness (QED) is 0.0634. The number of para-hydroxylation sites is 1. The van der Waals surface area contributed by atoms with Crippen molar-refractivity contribution >= 4 is 46.4 Å². The molecule has 18 heteroatoms. The summed E-state index contributed by atoms with van der Waals surface area (Å²) in [6.45, 7) is 5.27. The van der Waals surface area contributed by atoms with E-state index in [-0.39, 0.29) is 44.3 Å². The molecule has 0 radical (unpaired) electrons. The first-order valence-corrected chi connectivity index (χ1v) is 20.1. The molecule has 3 amide bonds. The van der Waals surface area contributed by atoms with Crippen LogP contribution in [0.2, 0.25) is 0 Å². The number of carbonyl (C=O) groups excluding carboxylic acids is 3. The van der Waals surface area contributed by atoms with Crippen LogP contribution in [0.25, 0.3) is 10.9 Å². The number of aliphatic carboxylic acids is 1. The van der Waals surface area contributed by atoms with Crippen LogP contribution in [-0.2, 0) is 32.3 Å². The van der Waals surface area contributed by atoms with E-state index in [4.69, 9.17) is 20.8 Å². The molecular formula is C38H59N13O5. The predicted octanol–water partition coefficient (Wildman–Crippen LogP) is 1.34. The van der Waals surface area contributed by atoms with E-state index in [1.165, 1.54) is 32.1 Å². The zero-order chi connectivity index (χ0) is 39.5. The van der Waals surface area contributed by atoms with Gasteiger partial charge in [-0.15, -0.1) is 5.10 Å². The summed E-state index contributed by atoms with van der Waals surface area (Å²) in [7, 11) is 0. The number of amides is 3. The molecule has 0 spiro atoms. The molecule has 1 aromatic carbocycles. The Hall–Kier alpha value is -4.94. The lowest BCUT2D eigenvalue weighted by molar-refractivity contribution is -0.139. The van der Waals surface area contributed by atoms with Crippen LogP contribution in [0.4, 0.5) is 11.8 Å². The topological polar surface area (TPSA) is 246 Å². The molecule has 2 aliphatic rings. The van der Waals surface area contributed by atoms with Crippen molar-refractivity contribution in [3.63, 3.8) is 0 Å². The Kier molecular flexibility index (Phi) is 17.0. The van der Waals surface area contributed by atoms with Gasteiger partial charge in [0, 0.05) is 56.5 Å². The van der Waals surface area contributed by atoms with Crippen LogP contribution >= 0.6 is 0 Å². The van der Waals surface area contributed by atoms with E-state index in [1.807, 2.05) is 35.1 Å². The van der Waals surface area contributed by atoms with Gasteiger partial charge in [0.2, 0.25) is 23.7 Å². The van der Waals surface area contributed by atoms with E-state index in [9.17, 15) is 19.2 Å². The molecule has 0 bridgehead atoms. The number of hydrogen-bond acceptors (Lipinski definition) is 13. The maximum Gasteiger partial charge on any atom is 0.320 e. The minimum absolute atomic E-state index is 0.0270. The van der Waals surface area contributed by atoms with Crippen molar-refractivity contribution in [2.75, 3.05) is 56.4 Å². The molecule has 0 unspecified atom stereocenters. The monoisotopic (exact) mass is 777 g/mol. The number of nitrogens with zero attached hydrogens (tertiary/aromatic N) is 6. The normalized spacial score (nSPS) is 15.7. The molecule has 9 N–H and O–H groups in total. The first-order chi connectivity index (χ1) is 27.2. The third-order valence-electron chi connectivity index (χ3n) is 10.2. The second-order valence-corrected chi connectivity index (χ2v) is 14.6. The highest BCUT2D eigenvalue weighted by Gasteiger charge is 2.24. The maximum absolute atomic E-state index is 12.9. The number of carboxylic acids is 1. The van der Waals surface area contributed by atoms with E-state index in [0.717, 1.165) is 74.3 Å². The molecular weight excluding hydrogens is 719 g/mol. The minimum Gasteiger partial charge on any atom is -0.480 e. The van der Waals surface area contributed by atoms with Gasteiger partial charge in [-0.25, -0.2) is 4.98 Å². The van der Waals surface area contributed by atoms with Gasteiger partial charge >= 0.3 is 5.97 Å². The lowest BCUT2D eigenvalue weighted by atomic mass is 9.95. The fourth-order valence-corrected chi connectivity index (χ4v) is 6.95. The van der Waals surface area contributed by atoms with Crippen molar-refractivity contribution in [1.29, 1.82) is 0 Å². The summed E-state index contributed by atoms with van der Waals surface area (Å²) in [6.07, 6.45) is 12.3. The van der Waals surface area contributed by atoms with E-state index in [2.05, 4.69) is 42.2 Å². The van der Waals surface area contributed by atoms with Crippen molar-refractivity contribution in [2.24, 2.45) is 5.73 Å². The number of likely N-dealkylation sites (tertiary alicyclic amines) is 1. The highest BCUT2D eigenvalue weighted by Crippen LogP contribution is 2.25. The van der Waals surface area contributed by atoms with Gasteiger partial charge in [-0.3, -0.25) is 23.9 Å². The number of aryl methyl sites for hydroxylation is 1. The van der Waals surface area contributed by atoms with Crippen LogP contribution in [0.5, 0.6) is 0 Å². The first kappa shape index (κ1) is 42.2. The minimum atomic E-state index is -1.19. The van der Waals surface area contributed by atoms with Crippen molar-refractivity contribution in [2.45, 2.75) is 108 Å². The van der Waals surface area contributed by atoms with Crippen molar-refractivity contribution < 1.29 is 24.3 Å². The molecule has 1 atom stereocenters. The van der Waals surface area contributed by atoms with Crippen molar-refractivity contribution in [3.05, 3.63) is 36.2 Å². The first-order valence-electron chi connectivity index (χ1n) is 20.1. The summed E-state index contributed by atoms with van der Waals surface area (Å²) in [4.78, 5) is 58.9. The average molecular weight is 778 g/mol. The zero-order valence-corrected chi connectivity index (χ0v) is 32.3. The maximum atomic E-state index is 12.9. The fourth-order valence-electron chi connectivity index (χ4n) is 6.95. The van der Waals surface area contributed by atoms with Crippen LogP contribution in [-0.4, -0.2) is 123 Å². The van der Waals surface area contributed by atoms with Gasteiger partial charge in [-0.05, 0) is 76.7 Å².